The third-order valence-electron chi connectivity index (χ3n) is 3.03. The molecule has 0 saturated heterocycles. The molecule has 1 aliphatic carbocycles. The zero-order valence-corrected chi connectivity index (χ0v) is 10.5. The SMILES string of the molecule is Cc1ccnc(SCC2(O)CCCCC2)n1. The van der Waals surface area contributed by atoms with Gasteiger partial charge < -0.3 is 5.11 Å². The molecule has 1 heterocycles. The molecule has 1 aromatic rings. The molecule has 88 valence electrons. The lowest BCUT2D eigenvalue weighted by Crippen LogP contribution is -2.34. The van der Waals surface area contributed by atoms with Crippen LogP contribution in [0.25, 0.3) is 0 Å². The molecule has 1 N–H and O–H groups in total. The summed E-state index contributed by atoms with van der Waals surface area (Å²) in [6.07, 6.45) is 7.17. The monoisotopic (exact) mass is 238 g/mol. The van der Waals surface area contributed by atoms with Crippen molar-refractivity contribution in [2.24, 2.45) is 0 Å². The van der Waals surface area contributed by atoms with E-state index in [0.29, 0.717) is 0 Å². The number of aryl methyl sites for hydroxylation is 1. The molecule has 1 aromatic heterocycles. The van der Waals surface area contributed by atoms with Gasteiger partial charge in [0.2, 0.25) is 0 Å². The van der Waals surface area contributed by atoms with Gasteiger partial charge in [-0.3, -0.25) is 0 Å². The first kappa shape index (κ1) is 11.9. The Bertz CT molecular complexity index is 351. The van der Waals surface area contributed by atoms with E-state index in [-0.39, 0.29) is 0 Å². The van der Waals surface area contributed by atoms with E-state index >= 15 is 0 Å². The number of aliphatic hydroxyl groups is 1. The first-order chi connectivity index (χ1) is 7.68. The van der Waals surface area contributed by atoms with E-state index in [1.54, 1.807) is 18.0 Å². The molecule has 0 spiro atoms. The molecule has 0 amide bonds. The minimum absolute atomic E-state index is 0.490. The van der Waals surface area contributed by atoms with Crippen LogP contribution in [0.1, 0.15) is 37.8 Å². The fourth-order valence-electron chi connectivity index (χ4n) is 2.05. The summed E-state index contributed by atoms with van der Waals surface area (Å²) in [6.45, 7) is 1.96. The van der Waals surface area contributed by atoms with Crippen molar-refractivity contribution >= 4 is 11.8 Å². The fraction of sp³-hybridized carbons (Fsp3) is 0.667. The molecule has 0 atom stereocenters. The van der Waals surface area contributed by atoms with Gasteiger partial charge in [0, 0.05) is 17.6 Å². The average Bonchev–Trinajstić information content (AvgIpc) is 2.28. The summed E-state index contributed by atoms with van der Waals surface area (Å²) in [7, 11) is 0. The van der Waals surface area contributed by atoms with Crippen LogP contribution in [0.5, 0.6) is 0 Å². The summed E-state index contributed by atoms with van der Waals surface area (Å²) in [6, 6.07) is 1.89. The van der Waals surface area contributed by atoms with Gasteiger partial charge in [-0.25, -0.2) is 9.97 Å². The lowest BCUT2D eigenvalue weighted by atomic mass is 9.86. The molecular formula is C12H18N2OS. The van der Waals surface area contributed by atoms with Crippen LogP contribution in [-0.4, -0.2) is 26.4 Å². The van der Waals surface area contributed by atoms with Crippen LogP contribution in [0.3, 0.4) is 0 Å². The van der Waals surface area contributed by atoms with Crippen molar-refractivity contribution in [3.05, 3.63) is 18.0 Å². The summed E-state index contributed by atoms with van der Waals surface area (Å²) in [5, 5.41) is 11.1. The van der Waals surface area contributed by atoms with Gasteiger partial charge in [-0.05, 0) is 25.8 Å². The molecule has 0 unspecified atom stereocenters. The Hall–Kier alpha value is -0.610. The van der Waals surface area contributed by atoms with Gasteiger partial charge in [0.05, 0.1) is 5.60 Å². The Kier molecular flexibility index (Phi) is 3.82. The van der Waals surface area contributed by atoms with Gasteiger partial charge >= 0.3 is 0 Å². The van der Waals surface area contributed by atoms with E-state index in [9.17, 15) is 5.11 Å². The second-order valence-electron chi connectivity index (χ2n) is 4.55. The van der Waals surface area contributed by atoms with Crippen molar-refractivity contribution < 1.29 is 5.11 Å². The van der Waals surface area contributed by atoms with Gasteiger partial charge in [0.15, 0.2) is 5.16 Å². The predicted octanol–water partition coefficient (Wildman–Crippen LogP) is 2.57. The minimum Gasteiger partial charge on any atom is -0.389 e. The highest BCUT2D eigenvalue weighted by Gasteiger charge is 2.29. The number of hydrogen-bond donors (Lipinski definition) is 1. The van der Waals surface area contributed by atoms with E-state index in [4.69, 9.17) is 0 Å². The van der Waals surface area contributed by atoms with Crippen molar-refractivity contribution in [3.8, 4) is 0 Å². The van der Waals surface area contributed by atoms with Crippen LogP contribution < -0.4 is 0 Å². The molecule has 16 heavy (non-hydrogen) atoms. The normalized spacial score (nSPS) is 19.6. The summed E-state index contributed by atoms with van der Waals surface area (Å²) < 4.78 is 0. The molecule has 1 aliphatic rings. The van der Waals surface area contributed by atoms with Gasteiger partial charge in [-0.2, -0.15) is 0 Å². The molecule has 0 aliphatic heterocycles. The summed E-state index contributed by atoms with van der Waals surface area (Å²) in [5.74, 6) is 0.719. The Morgan fingerprint density at radius 2 is 2.12 bits per heavy atom. The number of nitrogens with zero attached hydrogens (tertiary/aromatic N) is 2. The third kappa shape index (κ3) is 3.19. The summed E-state index contributed by atoms with van der Waals surface area (Å²) in [4.78, 5) is 8.53. The van der Waals surface area contributed by atoms with Gasteiger partial charge in [0.25, 0.3) is 0 Å². The lowest BCUT2D eigenvalue weighted by Gasteiger charge is -2.31. The number of thioether (sulfide) groups is 1. The van der Waals surface area contributed by atoms with Crippen LogP contribution >= 0.6 is 11.8 Å². The Balaban J connectivity index is 1.91. The molecule has 0 bridgehead atoms. The number of rotatable bonds is 3. The second kappa shape index (κ2) is 5.15. The topological polar surface area (TPSA) is 46.0 Å². The van der Waals surface area contributed by atoms with Crippen molar-refractivity contribution in [2.75, 3.05) is 5.75 Å². The highest BCUT2D eigenvalue weighted by molar-refractivity contribution is 7.99. The number of hydrogen-bond acceptors (Lipinski definition) is 4. The Labute approximate surface area is 101 Å². The maximum Gasteiger partial charge on any atom is 0.187 e. The first-order valence-corrected chi connectivity index (χ1v) is 6.81. The van der Waals surface area contributed by atoms with Gasteiger partial charge in [-0.1, -0.05) is 31.0 Å². The van der Waals surface area contributed by atoms with Crippen molar-refractivity contribution in [2.45, 2.75) is 49.8 Å². The Morgan fingerprint density at radius 1 is 1.38 bits per heavy atom. The minimum atomic E-state index is -0.490. The summed E-state index contributed by atoms with van der Waals surface area (Å²) in [5.41, 5.74) is 0.490. The number of aromatic nitrogens is 2. The maximum atomic E-state index is 10.3. The highest BCUT2D eigenvalue weighted by atomic mass is 32.2. The molecule has 1 saturated carbocycles. The standard InChI is InChI=1S/C12H18N2OS/c1-10-5-8-13-11(14-10)16-9-12(15)6-3-2-4-7-12/h5,8,15H,2-4,6-7,9H2,1H3. The van der Waals surface area contributed by atoms with Crippen molar-refractivity contribution in [1.29, 1.82) is 0 Å². The van der Waals surface area contributed by atoms with Gasteiger partial charge in [-0.15, -0.1) is 0 Å². The molecule has 0 radical (unpaired) electrons. The molecular weight excluding hydrogens is 220 g/mol. The molecule has 4 heteroatoms. The molecule has 2 rings (SSSR count). The predicted molar refractivity (Wildman–Crippen MR) is 65.5 cm³/mol. The van der Waals surface area contributed by atoms with E-state index in [1.165, 1.54) is 6.42 Å². The summed E-state index contributed by atoms with van der Waals surface area (Å²) >= 11 is 1.57. The smallest absolute Gasteiger partial charge is 0.187 e. The van der Waals surface area contributed by atoms with E-state index < -0.39 is 5.60 Å². The van der Waals surface area contributed by atoms with Crippen LogP contribution in [0, 0.1) is 6.92 Å². The fourth-order valence-corrected chi connectivity index (χ4v) is 3.08. The quantitative estimate of drug-likeness (QED) is 0.649. The van der Waals surface area contributed by atoms with Crippen LogP contribution in [0.4, 0.5) is 0 Å². The van der Waals surface area contributed by atoms with Crippen molar-refractivity contribution in [1.82, 2.24) is 9.97 Å². The van der Waals surface area contributed by atoms with Crippen LogP contribution in [-0.2, 0) is 0 Å². The van der Waals surface area contributed by atoms with Gasteiger partial charge in [0.1, 0.15) is 0 Å². The zero-order valence-electron chi connectivity index (χ0n) is 9.65. The third-order valence-corrected chi connectivity index (χ3v) is 4.16. The molecule has 1 fully saturated rings. The maximum absolute atomic E-state index is 10.3. The molecule has 3 nitrogen and oxygen atoms in total. The van der Waals surface area contributed by atoms with E-state index in [0.717, 1.165) is 42.3 Å². The van der Waals surface area contributed by atoms with Crippen LogP contribution in [0.2, 0.25) is 0 Å². The largest absolute Gasteiger partial charge is 0.389 e. The van der Waals surface area contributed by atoms with E-state index in [1.807, 2.05) is 13.0 Å². The molecule has 0 aromatic carbocycles. The van der Waals surface area contributed by atoms with Crippen molar-refractivity contribution in [3.63, 3.8) is 0 Å². The lowest BCUT2D eigenvalue weighted by molar-refractivity contribution is 0.0272. The van der Waals surface area contributed by atoms with Crippen LogP contribution in [0.15, 0.2) is 17.4 Å². The highest BCUT2D eigenvalue weighted by Crippen LogP contribution is 2.32. The second-order valence-corrected chi connectivity index (χ2v) is 5.50. The zero-order chi connectivity index (χ0) is 11.4. The average molecular weight is 238 g/mol. The van der Waals surface area contributed by atoms with E-state index in [2.05, 4.69) is 9.97 Å². The first-order valence-electron chi connectivity index (χ1n) is 5.83. The Morgan fingerprint density at radius 3 is 2.81 bits per heavy atom.